The number of methoxy groups -OCH3 is 1. The molecular formula is C11H15ClFNO3S. The van der Waals surface area contributed by atoms with E-state index in [1.165, 1.54) is 7.11 Å². The molecule has 0 heterocycles. The lowest BCUT2D eigenvalue weighted by molar-refractivity contribution is 0.173. The lowest BCUT2D eigenvalue weighted by atomic mass is 10.3. The van der Waals surface area contributed by atoms with Gasteiger partial charge in [-0.15, -0.1) is 0 Å². The van der Waals surface area contributed by atoms with Gasteiger partial charge in [-0.1, -0.05) is 18.5 Å². The van der Waals surface area contributed by atoms with E-state index in [-0.39, 0.29) is 22.6 Å². The zero-order valence-corrected chi connectivity index (χ0v) is 11.7. The highest BCUT2D eigenvalue weighted by Crippen LogP contribution is 2.22. The van der Waals surface area contributed by atoms with Crippen LogP contribution >= 0.6 is 11.6 Å². The van der Waals surface area contributed by atoms with Crippen molar-refractivity contribution in [1.29, 1.82) is 0 Å². The normalized spacial score (nSPS) is 13.6. The molecule has 0 fully saturated rings. The summed E-state index contributed by atoms with van der Waals surface area (Å²) in [5.74, 6) is -0.581. The molecule has 0 aliphatic carbocycles. The highest BCUT2D eigenvalue weighted by atomic mass is 35.5. The summed E-state index contributed by atoms with van der Waals surface area (Å²) in [4.78, 5) is -0.139. The molecule has 1 atom stereocenters. The third-order valence-corrected chi connectivity index (χ3v) is 4.37. The summed E-state index contributed by atoms with van der Waals surface area (Å²) in [5.41, 5.74) is 0. The van der Waals surface area contributed by atoms with E-state index in [0.29, 0.717) is 6.42 Å². The predicted octanol–water partition coefficient (Wildman–Crippen LogP) is 2.18. The molecule has 7 heteroatoms. The average Bonchev–Trinajstić information content (AvgIpc) is 2.27. The second-order valence-electron chi connectivity index (χ2n) is 3.76. The molecule has 0 radical (unpaired) electrons. The fraction of sp³-hybridized carbons (Fsp3) is 0.455. The van der Waals surface area contributed by atoms with Crippen LogP contribution in [0.2, 0.25) is 5.02 Å². The molecule has 102 valence electrons. The van der Waals surface area contributed by atoms with E-state index >= 15 is 0 Å². The quantitative estimate of drug-likeness (QED) is 0.875. The van der Waals surface area contributed by atoms with E-state index in [2.05, 4.69) is 4.72 Å². The van der Waals surface area contributed by atoms with Gasteiger partial charge in [-0.2, -0.15) is 0 Å². The van der Waals surface area contributed by atoms with Crippen LogP contribution in [0.15, 0.2) is 23.1 Å². The van der Waals surface area contributed by atoms with E-state index in [1.807, 2.05) is 6.92 Å². The molecule has 18 heavy (non-hydrogen) atoms. The molecule has 1 rings (SSSR count). The van der Waals surface area contributed by atoms with Crippen molar-refractivity contribution in [2.45, 2.75) is 24.3 Å². The Hall–Kier alpha value is -0.690. The second kappa shape index (κ2) is 6.47. The van der Waals surface area contributed by atoms with Gasteiger partial charge in [-0.3, -0.25) is 0 Å². The van der Waals surface area contributed by atoms with Crippen LogP contribution in [0.1, 0.15) is 13.3 Å². The van der Waals surface area contributed by atoms with Crippen LogP contribution in [0.25, 0.3) is 0 Å². The van der Waals surface area contributed by atoms with E-state index in [9.17, 15) is 12.8 Å². The average molecular weight is 296 g/mol. The lowest BCUT2D eigenvalue weighted by Gasteiger charge is -2.16. The smallest absolute Gasteiger partial charge is 0.242 e. The highest BCUT2D eigenvalue weighted by molar-refractivity contribution is 7.89. The minimum Gasteiger partial charge on any atom is -0.383 e. The van der Waals surface area contributed by atoms with Crippen LogP contribution in [-0.2, 0) is 14.8 Å². The fourth-order valence-electron chi connectivity index (χ4n) is 1.41. The molecule has 0 amide bonds. The largest absolute Gasteiger partial charge is 0.383 e. The SMILES string of the molecule is CCC(COC)NS(=O)(=O)c1ccc(F)cc1Cl. The minimum absolute atomic E-state index is 0.139. The number of nitrogens with one attached hydrogen (secondary N) is 1. The van der Waals surface area contributed by atoms with Crippen LogP contribution in [0, 0.1) is 5.82 Å². The van der Waals surface area contributed by atoms with Gasteiger partial charge in [0.25, 0.3) is 0 Å². The number of halogens is 2. The highest BCUT2D eigenvalue weighted by Gasteiger charge is 2.21. The number of benzene rings is 1. The molecule has 0 bridgehead atoms. The van der Waals surface area contributed by atoms with Crippen molar-refractivity contribution in [2.75, 3.05) is 13.7 Å². The van der Waals surface area contributed by atoms with Gasteiger partial charge in [0.05, 0.1) is 11.6 Å². The van der Waals surface area contributed by atoms with Crippen molar-refractivity contribution in [3.05, 3.63) is 29.0 Å². The van der Waals surface area contributed by atoms with Gasteiger partial charge in [-0.25, -0.2) is 17.5 Å². The number of hydrogen-bond donors (Lipinski definition) is 1. The zero-order chi connectivity index (χ0) is 13.8. The summed E-state index contributed by atoms with van der Waals surface area (Å²) in [5, 5.41) is -0.144. The fourth-order valence-corrected chi connectivity index (χ4v) is 3.25. The van der Waals surface area contributed by atoms with Crippen LogP contribution in [0.5, 0.6) is 0 Å². The van der Waals surface area contributed by atoms with E-state index < -0.39 is 15.8 Å². The first kappa shape index (κ1) is 15.4. The van der Waals surface area contributed by atoms with Crippen molar-refractivity contribution in [3.8, 4) is 0 Å². The van der Waals surface area contributed by atoms with Crippen LogP contribution in [0.4, 0.5) is 4.39 Å². The van der Waals surface area contributed by atoms with Crippen molar-refractivity contribution in [1.82, 2.24) is 4.72 Å². The molecule has 4 nitrogen and oxygen atoms in total. The molecule has 1 aromatic rings. The third-order valence-electron chi connectivity index (χ3n) is 2.37. The standard InChI is InChI=1S/C11H15ClFNO3S/c1-3-9(7-17-2)14-18(15,16)11-5-4-8(13)6-10(11)12/h4-6,9,14H,3,7H2,1-2H3. The van der Waals surface area contributed by atoms with Gasteiger partial charge in [0.2, 0.25) is 10.0 Å². The maximum atomic E-state index is 12.9. The summed E-state index contributed by atoms with van der Waals surface area (Å²) in [7, 11) is -2.28. The maximum Gasteiger partial charge on any atom is 0.242 e. The van der Waals surface area contributed by atoms with Crippen molar-refractivity contribution in [2.24, 2.45) is 0 Å². The molecule has 0 saturated heterocycles. The Labute approximate surface area is 111 Å². The zero-order valence-electron chi connectivity index (χ0n) is 10.1. The Balaban J connectivity index is 2.99. The molecule has 1 unspecified atom stereocenters. The molecule has 0 aliphatic heterocycles. The maximum absolute atomic E-state index is 12.9. The summed E-state index contributed by atoms with van der Waals surface area (Å²) >= 11 is 5.73. The van der Waals surface area contributed by atoms with Crippen LogP contribution < -0.4 is 4.72 Å². The first-order valence-corrected chi connectivity index (χ1v) is 7.23. The van der Waals surface area contributed by atoms with Gasteiger partial charge < -0.3 is 4.74 Å². The van der Waals surface area contributed by atoms with Gasteiger partial charge in [0, 0.05) is 13.2 Å². The predicted molar refractivity (Wildman–Crippen MR) is 67.7 cm³/mol. The summed E-state index contributed by atoms with van der Waals surface area (Å²) in [6.45, 7) is 2.09. The van der Waals surface area contributed by atoms with Crippen molar-refractivity contribution < 1.29 is 17.5 Å². The van der Waals surface area contributed by atoms with Crippen molar-refractivity contribution in [3.63, 3.8) is 0 Å². The molecule has 0 saturated carbocycles. The Kier molecular flexibility index (Phi) is 5.52. The lowest BCUT2D eigenvalue weighted by Crippen LogP contribution is -2.37. The Morgan fingerprint density at radius 1 is 1.50 bits per heavy atom. The van der Waals surface area contributed by atoms with Crippen LogP contribution in [0.3, 0.4) is 0 Å². The topological polar surface area (TPSA) is 55.4 Å². The molecule has 0 spiro atoms. The second-order valence-corrected chi connectivity index (χ2v) is 5.85. The Bertz CT molecular complexity index is 507. The monoisotopic (exact) mass is 295 g/mol. The Morgan fingerprint density at radius 3 is 2.67 bits per heavy atom. The molecule has 1 aromatic carbocycles. The summed E-state index contributed by atoms with van der Waals surface area (Å²) < 4.78 is 44.3. The van der Waals surface area contributed by atoms with Crippen LogP contribution in [-0.4, -0.2) is 28.2 Å². The number of rotatable bonds is 6. The molecule has 0 aliphatic rings. The third kappa shape index (κ3) is 3.91. The summed E-state index contributed by atoms with van der Waals surface area (Å²) in [6, 6.07) is 2.81. The first-order valence-electron chi connectivity index (χ1n) is 5.37. The van der Waals surface area contributed by atoms with Gasteiger partial charge >= 0.3 is 0 Å². The van der Waals surface area contributed by atoms with E-state index in [1.54, 1.807) is 0 Å². The van der Waals surface area contributed by atoms with Gasteiger partial charge in [0.15, 0.2) is 0 Å². The van der Waals surface area contributed by atoms with Crippen molar-refractivity contribution >= 4 is 21.6 Å². The number of hydrogen-bond acceptors (Lipinski definition) is 3. The minimum atomic E-state index is -3.77. The van der Waals surface area contributed by atoms with E-state index in [0.717, 1.165) is 18.2 Å². The van der Waals surface area contributed by atoms with Gasteiger partial charge in [0.1, 0.15) is 10.7 Å². The Morgan fingerprint density at radius 2 is 2.17 bits per heavy atom. The molecular weight excluding hydrogens is 281 g/mol. The number of sulfonamides is 1. The molecule has 0 aromatic heterocycles. The molecule has 1 N–H and O–H groups in total. The van der Waals surface area contributed by atoms with E-state index in [4.69, 9.17) is 16.3 Å². The summed E-state index contributed by atoms with van der Waals surface area (Å²) in [6.07, 6.45) is 0.575. The van der Waals surface area contributed by atoms with Gasteiger partial charge in [-0.05, 0) is 24.6 Å². The number of ether oxygens (including phenoxy) is 1. The first-order chi connectivity index (χ1) is 8.40.